The Bertz CT molecular complexity index is 939. The summed E-state index contributed by atoms with van der Waals surface area (Å²) in [5, 5.41) is 4.21. The van der Waals surface area contributed by atoms with Crippen LogP contribution in [0.4, 0.5) is 0 Å². The molecule has 0 unspecified atom stereocenters. The van der Waals surface area contributed by atoms with Gasteiger partial charge in [0.1, 0.15) is 0 Å². The minimum atomic E-state index is -0.375. The number of hydrogen-bond acceptors (Lipinski definition) is 2. The highest BCUT2D eigenvalue weighted by Crippen LogP contribution is 2.38. The van der Waals surface area contributed by atoms with E-state index < -0.39 is 0 Å². The van der Waals surface area contributed by atoms with Crippen molar-refractivity contribution in [3.05, 3.63) is 44.2 Å². The van der Waals surface area contributed by atoms with Gasteiger partial charge >= 0.3 is 0 Å². The van der Waals surface area contributed by atoms with Crippen LogP contribution in [0, 0.1) is 10.8 Å². The Morgan fingerprint density at radius 2 is 1.27 bits per heavy atom. The minimum absolute atomic E-state index is 0.0612. The number of ketones is 1. The quantitative estimate of drug-likeness (QED) is 0.777. The Morgan fingerprint density at radius 3 is 1.58 bits per heavy atom. The van der Waals surface area contributed by atoms with Crippen molar-refractivity contribution in [2.45, 2.75) is 67.9 Å². The summed E-state index contributed by atoms with van der Waals surface area (Å²) in [6.07, 6.45) is 3.73. The number of aromatic amines is 1. The molecule has 0 aromatic carbocycles. The predicted molar refractivity (Wildman–Crippen MR) is 108 cm³/mol. The summed E-state index contributed by atoms with van der Waals surface area (Å²) in [7, 11) is 0. The lowest BCUT2D eigenvalue weighted by Gasteiger charge is -2.31. The van der Waals surface area contributed by atoms with Crippen LogP contribution in [-0.2, 0) is 10.3 Å². The third-order valence-corrected chi connectivity index (χ3v) is 4.63. The zero-order valence-electron chi connectivity index (χ0n) is 17.6. The Kier molecular flexibility index (Phi) is 4.64. The van der Waals surface area contributed by atoms with Crippen LogP contribution in [0.5, 0.6) is 0 Å². The van der Waals surface area contributed by atoms with E-state index in [1.165, 1.54) is 0 Å². The first-order valence-electron chi connectivity index (χ1n) is 9.09. The van der Waals surface area contributed by atoms with E-state index in [2.05, 4.69) is 11.7 Å². The molecule has 1 aliphatic carbocycles. The summed E-state index contributed by atoms with van der Waals surface area (Å²) in [6.45, 7) is 22.1. The lowest BCUT2D eigenvalue weighted by molar-refractivity contribution is -0.114. The second-order valence-corrected chi connectivity index (χ2v) is 10.2. The number of hydrogen-bond donors (Lipinski definition) is 1. The van der Waals surface area contributed by atoms with E-state index >= 15 is 0 Å². The smallest absolute Gasteiger partial charge is 0.275 e. The molecular weight excluding hydrogens is 324 g/mol. The summed E-state index contributed by atoms with van der Waals surface area (Å²) < 4.78 is 1.60. The van der Waals surface area contributed by atoms with Gasteiger partial charge < -0.3 is 0 Å². The molecule has 0 atom stereocenters. The molecule has 0 saturated heterocycles. The Hall–Kier alpha value is -2.10. The predicted octanol–water partition coefficient (Wildman–Crippen LogP) is 3.02. The highest BCUT2D eigenvalue weighted by Gasteiger charge is 2.34. The first kappa shape index (κ1) is 20.2. The first-order chi connectivity index (χ1) is 11.5. The third-order valence-electron chi connectivity index (χ3n) is 4.63. The van der Waals surface area contributed by atoms with Crippen LogP contribution in [-0.4, -0.2) is 15.6 Å². The highest BCUT2D eigenvalue weighted by molar-refractivity contribution is 6.14. The van der Waals surface area contributed by atoms with Crippen LogP contribution in [0.1, 0.15) is 62.3 Å². The Morgan fingerprint density at radius 1 is 0.846 bits per heavy atom. The summed E-state index contributed by atoms with van der Waals surface area (Å²) in [5.74, 6) is 0.0612. The Balaban J connectivity index is 2.98. The molecule has 0 radical (unpaired) electrons. The lowest BCUT2D eigenvalue weighted by atomic mass is 9.72. The fourth-order valence-electron chi connectivity index (χ4n) is 3.14. The summed E-state index contributed by atoms with van der Waals surface area (Å²) in [6, 6.07) is 0. The molecule has 4 nitrogen and oxygen atoms in total. The van der Waals surface area contributed by atoms with Gasteiger partial charge in [-0.3, -0.25) is 14.7 Å². The van der Waals surface area contributed by atoms with Gasteiger partial charge in [0.05, 0.1) is 16.1 Å². The number of nitrogens with zero attached hydrogens (tertiary/aromatic N) is 1. The number of nitrogens with one attached hydrogen (secondary N) is 1. The topological polar surface area (TPSA) is 54.9 Å². The second-order valence-electron chi connectivity index (χ2n) is 10.2. The monoisotopic (exact) mass is 356 g/mol. The first-order valence-corrected chi connectivity index (χ1v) is 9.09. The largest absolute Gasteiger partial charge is 0.295 e. The molecule has 0 spiro atoms. The molecule has 1 aromatic rings. The van der Waals surface area contributed by atoms with Gasteiger partial charge in [0.2, 0.25) is 0 Å². The molecule has 0 amide bonds. The molecule has 142 valence electrons. The van der Waals surface area contributed by atoms with Crippen LogP contribution in [0.25, 0.3) is 12.2 Å². The summed E-state index contributed by atoms with van der Waals surface area (Å²) >= 11 is 0. The van der Waals surface area contributed by atoms with Crippen molar-refractivity contribution in [1.29, 1.82) is 0 Å². The van der Waals surface area contributed by atoms with E-state index in [1.807, 2.05) is 74.5 Å². The van der Waals surface area contributed by atoms with Gasteiger partial charge in [0.25, 0.3) is 5.56 Å². The van der Waals surface area contributed by atoms with Crippen LogP contribution in [0.2, 0.25) is 0 Å². The van der Waals surface area contributed by atoms with Crippen molar-refractivity contribution in [3.8, 4) is 0 Å². The number of allylic oxidation sites excluding steroid dienone is 4. The van der Waals surface area contributed by atoms with Gasteiger partial charge in [-0.1, -0.05) is 48.1 Å². The fourth-order valence-corrected chi connectivity index (χ4v) is 3.14. The van der Waals surface area contributed by atoms with E-state index in [4.69, 9.17) is 0 Å². The van der Waals surface area contributed by atoms with Crippen molar-refractivity contribution in [2.75, 3.05) is 0 Å². The van der Waals surface area contributed by atoms with E-state index in [9.17, 15) is 9.59 Å². The molecular formula is C22H32N2O2. The molecule has 1 heterocycles. The van der Waals surface area contributed by atoms with Crippen molar-refractivity contribution >= 4 is 17.9 Å². The molecule has 1 N–H and O–H groups in total. The second kappa shape index (κ2) is 5.97. The molecule has 0 bridgehead atoms. The number of rotatable bonds is 0. The van der Waals surface area contributed by atoms with Gasteiger partial charge in [0, 0.05) is 11.1 Å². The number of Topliss-reactive ketones (excluding diaryl/α,β-unsaturated/α-hetero) is 1. The molecule has 26 heavy (non-hydrogen) atoms. The number of carbonyl (C=O) groups excluding carboxylic acids is 1. The molecule has 1 aliphatic rings. The molecule has 4 heteroatoms. The molecule has 2 rings (SSSR count). The maximum Gasteiger partial charge on any atom is 0.275 e. The summed E-state index contributed by atoms with van der Waals surface area (Å²) in [5.41, 5.74) is 1.10. The van der Waals surface area contributed by atoms with Gasteiger partial charge in [-0.15, -0.1) is 0 Å². The lowest BCUT2D eigenvalue weighted by Crippen LogP contribution is -2.41. The van der Waals surface area contributed by atoms with E-state index in [1.54, 1.807) is 4.68 Å². The van der Waals surface area contributed by atoms with Crippen molar-refractivity contribution < 1.29 is 4.79 Å². The van der Waals surface area contributed by atoms with Crippen LogP contribution in [0.3, 0.4) is 0 Å². The SMILES string of the molecule is C=c1[nH]n(C(C)(C)C)c(=O)c1=C1C=C(C(C)(C)C)C(=O)C(C(C)(C)C)=C1. The number of H-pyrrole nitrogens is 1. The maximum absolute atomic E-state index is 13.1. The van der Waals surface area contributed by atoms with E-state index in [0.29, 0.717) is 10.6 Å². The fraction of sp³-hybridized carbons (Fsp3) is 0.545. The van der Waals surface area contributed by atoms with E-state index in [0.717, 1.165) is 16.7 Å². The minimum Gasteiger partial charge on any atom is -0.295 e. The highest BCUT2D eigenvalue weighted by atomic mass is 16.1. The van der Waals surface area contributed by atoms with Gasteiger partial charge in [0.15, 0.2) is 5.78 Å². The van der Waals surface area contributed by atoms with Crippen LogP contribution >= 0.6 is 0 Å². The number of aromatic nitrogens is 2. The molecule has 0 saturated carbocycles. The van der Waals surface area contributed by atoms with Crippen molar-refractivity contribution in [3.63, 3.8) is 0 Å². The van der Waals surface area contributed by atoms with E-state index in [-0.39, 0.29) is 27.7 Å². The normalized spacial score (nSPS) is 16.7. The average Bonchev–Trinajstić information content (AvgIpc) is 2.72. The van der Waals surface area contributed by atoms with Gasteiger partial charge in [-0.2, -0.15) is 0 Å². The molecule has 0 fully saturated rings. The molecule has 0 aliphatic heterocycles. The average molecular weight is 357 g/mol. The van der Waals surface area contributed by atoms with Crippen molar-refractivity contribution in [1.82, 2.24) is 9.78 Å². The van der Waals surface area contributed by atoms with Gasteiger partial charge in [-0.05, 0) is 49.3 Å². The number of carbonyl (C=O) groups is 1. The van der Waals surface area contributed by atoms with Crippen LogP contribution < -0.4 is 16.1 Å². The Labute approximate surface area is 156 Å². The van der Waals surface area contributed by atoms with Gasteiger partial charge in [-0.25, -0.2) is 4.68 Å². The third kappa shape index (κ3) is 3.55. The summed E-state index contributed by atoms with van der Waals surface area (Å²) in [4.78, 5) is 26.1. The zero-order chi connectivity index (χ0) is 20.2. The molecule has 1 aromatic heterocycles. The van der Waals surface area contributed by atoms with Crippen molar-refractivity contribution in [2.24, 2.45) is 10.8 Å². The maximum atomic E-state index is 13.1. The standard InChI is InChI=1S/C22H32N2O2/c1-13-17(19(26)24(23-13)22(8,9)10)14-11-15(20(2,3)4)18(25)16(12-14)21(5,6)7/h11-12,23H,1H2,2-10H3. The van der Waals surface area contributed by atoms with Crippen LogP contribution in [0.15, 0.2) is 28.1 Å². The zero-order valence-corrected chi connectivity index (χ0v) is 17.6.